The third-order valence-corrected chi connectivity index (χ3v) is 2.78. The number of hydrogen-bond donors (Lipinski definition) is 1. The van der Waals surface area contributed by atoms with Crippen LogP contribution in [0.25, 0.3) is 11.3 Å². The summed E-state index contributed by atoms with van der Waals surface area (Å²) in [5.41, 5.74) is 7.34. The zero-order valence-corrected chi connectivity index (χ0v) is 9.92. The van der Waals surface area contributed by atoms with Gasteiger partial charge >= 0.3 is 6.18 Å². The van der Waals surface area contributed by atoms with Crippen molar-refractivity contribution >= 4 is 5.69 Å². The molecular formula is C12H12F3N3. The summed E-state index contributed by atoms with van der Waals surface area (Å²) < 4.78 is 39.2. The Labute approximate surface area is 102 Å². The van der Waals surface area contributed by atoms with E-state index < -0.39 is 11.7 Å². The van der Waals surface area contributed by atoms with E-state index in [1.54, 1.807) is 18.7 Å². The van der Waals surface area contributed by atoms with E-state index in [0.717, 1.165) is 12.1 Å². The van der Waals surface area contributed by atoms with E-state index in [9.17, 15) is 13.2 Å². The van der Waals surface area contributed by atoms with Gasteiger partial charge in [-0.3, -0.25) is 4.68 Å². The Balaban J connectivity index is 2.55. The second-order valence-electron chi connectivity index (χ2n) is 4.10. The van der Waals surface area contributed by atoms with Gasteiger partial charge in [-0.2, -0.15) is 18.3 Å². The summed E-state index contributed by atoms with van der Waals surface area (Å²) in [6, 6.07) is 3.59. The van der Waals surface area contributed by atoms with Crippen LogP contribution in [0.15, 0.2) is 24.4 Å². The molecule has 0 spiro atoms. The van der Waals surface area contributed by atoms with Crippen molar-refractivity contribution in [2.75, 3.05) is 5.73 Å². The van der Waals surface area contributed by atoms with E-state index in [1.165, 1.54) is 12.3 Å². The minimum Gasteiger partial charge on any atom is -0.396 e. The van der Waals surface area contributed by atoms with E-state index in [4.69, 9.17) is 5.73 Å². The maximum Gasteiger partial charge on any atom is 0.416 e. The molecule has 2 rings (SSSR count). The lowest BCUT2D eigenvalue weighted by Crippen LogP contribution is -2.06. The quantitative estimate of drug-likeness (QED) is 0.851. The molecule has 0 unspecified atom stereocenters. The monoisotopic (exact) mass is 255 g/mol. The zero-order chi connectivity index (χ0) is 13.5. The predicted octanol–water partition coefficient (Wildman–Crippen LogP) is 3.00. The van der Waals surface area contributed by atoms with Gasteiger partial charge in [-0.1, -0.05) is 6.07 Å². The zero-order valence-electron chi connectivity index (χ0n) is 9.92. The van der Waals surface area contributed by atoms with Crippen molar-refractivity contribution in [3.05, 3.63) is 35.5 Å². The number of aromatic nitrogens is 2. The molecule has 0 fully saturated rings. The average Bonchev–Trinajstić information content (AvgIpc) is 2.58. The molecule has 0 saturated carbocycles. The van der Waals surface area contributed by atoms with Gasteiger partial charge in [0.1, 0.15) is 0 Å². The second-order valence-corrected chi connectivity index (χ2v) is 4.10. The van der Waals surface area contributed by atoms with Gasteiger partial charge in [0, 0.05) is 12.6 Å². The molecule has 0 aliphatic heterocycles. The fraction of sp³-hybridized carbons (Fsp3) is 0.250. The summed E-state index contributed by atoms with van der Waals surface area (Å²) in [7, 11) is 1.70. The highest BCUT2D eigenvalue weighted by atomic mass is 19.4. The first kappa shape index (κ1) is 12.5. The Morgan fingerprint density at radius 1 is 1.28 bits per heavy atom. The highest BCUT2D eigenvalue weighted by molar-refractivity contribution is 5.75. The topological polar surface area (TPSA) is 43.8 Å². The summed E-state index contributed by atoms with van der Waals surface area (Å²) >= 11 is 0. The second kappa shape index (κ2) is 4.04. The first-order valence-electron chi connectivity index (χ1n) is 5.26. The molecule has 96 valence electrons. The molecule has 1 heterocycles. The molecule has 0 saturated heterocycles. The fourth-order valence-electron chi connectivity index (χ4n) is 1.89. The maximum absolute atomic E-state index is 12.6. The molecule has 2 aromatic rings. The molecule has 0 radical (unpaired) electrons. The van der Waals surface area contributed by atoms with Crippen LogP contribution in [0.1, 0.15) is 11.1 Å². The van der Waals surface area contributed by atoms with Crippen molar-refractivity contribution in [1.29, 1.82) is 0 Å². The lowest BCUT2D eigenvalue weighted by Gasteiger charge is -2.12. The Bertz CT molecular complexity index is 565. The first-order chi connectivity index (χ1) is 8.30. The number of aryl methyl sites for hydroxylation is 2. The standard InChI is InChI=1S/C12H12F3N3/c1-7-5-8(12(13,14)15)3-4-9(7)11-10(16)6-17-18(11)2/h3-6H,16H2,1-2H3. The molecule has 1 aromatic heterocycles. The largest absolute Gasteiger partial charge is 0.416 e. The molecule has 1 aromatic carbocycles. The molecule has 6 heteroatoms. The molecule has 0 aliphatic rings. The molecule has 0 bridgehead atoms. The van der Waals surface area contributed by atoms with Crippen LogP contribution in [-0.2, 0) is 13.2 Å². The van der Waals surface area contributed by atoms with Gasteiger partial charge in [-0.25, -0.2) is 0 Å². The van der Waals surface area contributed by atoms with Crippen molar-refractivity contribution < 1.29 is 13.2 Å². The van der Waals surface area contributed by atoms with Crippen LogP contribution in [0.2, 0.25) is 0 Å². The SMILES string of the molecule is Cc1cc(C(F)(F)F)ccc1-c1c(N)cnn1C. The number of halogens is 3. The molecule has 0 aliphatic carbocycles. The van der Waals surface area contributed by atoms with Gasteiger partial charge in [0.05, 0.1) is 23.1 Å². The van der Waals surface area contributed by atoms with E-state index in [0.29, 0.717) is 22.5 Å². The summed E-state index contributed by atoms with van der Waals surface area (Å²) in [4.78, 5) is 0. The summed E-state index contributed by atoms with van der Waals surface area (Å²) in [5, 5.41) is 3.97. The Morgan fingerprint density at radius 2 is 1.94 bits per heavy atom. The van der Waals surface area contributed by atoms with Crippen molar-refractivity contribution in [1.82, 2.24) is 9.78 Å². The molecule has 0 atom stereocenters. The summed E-state index contributed by atoms with van der Waals surface area (Å²) in [6.45, 7) is 1.62. The fourth-order valence-corrected chi connectivity index (χ4v) is 1.89. The summed E-state index contributed by atoms with van der Waals surface area (Å²) in [6.07, 6.45) is -2.85. The first-order valence-corrected chi connectivity index (χ1v) is 5.26. The number of rotatable bonds is 1. The Kier molecular flexibility index (Phi) is 2.80. The number of alkyl halides is 3. The Hall–Kier alpha value is -1.98. The van der Waals surface area contributed by atoms with Gasteiger partial charge in [0.15, 0.2) is 0 Å². The van der Waals surface area contributed by atoms with Crippen LogP contribution in [0.4, 0.5) is 18.9 Å². The smallest absolute Gasteiger partial charge is 0.396 e. The van der Waals surface area contributed by atoms with E-state index in [2.05, 4.69) is 5.10 Å². The van der Waals surface area contributed by atoms with Gasteiger partial charge < -0.3 is 5.73 Å². The molecular weight excluding hydrogens is 243 g/mol. The van der Waals surface area contributed by atoms with Gasteiger partial charge in [-0.05, 0) is 24.6 Å². The van der Waals surface area contributed by atoms with Crippen LogP contribution in [0.3, 0.4) is 0 Å². The summed E-state index contributed by atoms with van der Waals surface area (Å²) in [5.74, 6) is 0. The van der Waals surface area contributed by atoms with Crippen LogP contribution in [-0.4, -0.2) is 9.78 Å². The lowest BCUT2D eigenvalue weighted by molar-refractivity contribution is -0.137. The van der Waals surface area contributed by atoms with Gasteiger partial charge in [-0.15, -0.1) is 0 Å². The minimum atomic E-state index is -4.33. The van der Waals surface area contributed by atoms with E-state index >= 15 is 0 Å². The van der Waals surface area contributed by atoms with E-state index in [1.807, 2.05) is 0 Å². The van der Waals surface area contributed by atoms with E-state index in [-0.39, 0.29) is 0 Å². The predicted molar refractivity (Wildman–Crippen MR) is 62.8 cm³/mol. The van der Waals surface area contributed by atoms with Crippen molar-refractivity contribution in [2.45, 2.75) is 13.1 Å². The third kappa shape index (κ3) is 2.05. The molecule has 3 nitrogen and oxygen atoms in total. The number of nitrogens with two attached hydrogens (primary N) is 1. The number of nitrogens with zero attached hydrogens (tertiary/aromatic N) is 2. The van der Waals surface area contributed by atoms with Gasteiger partial charge in [0.25, 0.3) is 0 Å². The number of hydrogen-bond acceptors (Lipinski definition) is 2. The highest BCUT2D eigenvalue weighted by Crippen LogP contribution is 2.34. The van der Waals surface area contributed by atoms with Gasteiger partial charge in [0.2, 0.25) is 0 Å². The maximum atomic E-state index is 12.6. The van der Waals surface area contributed by atoms with Crippen molar-refractivity contribution in [3.8, 4) is 11.3 Å². The van der Waals surface area contributed by atoms with Crippen molar-refractivity contribution in [3.63, 3.8) is 0 Å². The average molecular weight is 255 g/mol. The molecule has 2 N–H and O–H groups in total. The highest BCUT2D eigenvalue weighted by Gasteiger charge is 2.30. The normalized spacial score (nSPS) is 11.8. The van der Waals surface area contributed by atoms with Crippen molar-refractivity contribution in [2.24, 2.45) is 7.05 Å². The Morgan fingerprint density at radius 3 is 2.39 bits per heavy atom. The number of anilines is 1. The molecule has 18 heavy (non-hydrogen) atoms. The van der Waals surface area contributed by atoms with Crippen LogP contribution in [0, 0.1) is 6.92 Å². The minimum absolute atomic E-state index is 0.445. The lowest BCUT2D eigenvalue weighted by atomic mass is 10.0. The molecule has 0 amide bonds. The third-order valence-electron chi connectivity index (χ3n) is 2.78. The number of benzene rings is 1. The van der Waals surface area contributed by atoms with Crippen LogP contribution < -0.4 is 5.73 Å². The number of nitrogen functional groups attached to an aromatic ring is 1. The van der Waals surface area contributed by atoms with Crippen LogP contribution in [0.5, 0.6) is 0 Å². The van der Waals surface area contributed by atoms with Crippen LogP contribution >= 0.6 is 0 Å².